The number of aliphatic hydroxyl groups is 1. The summed E-state index contributed by atoms with van der Waals surface area (Å²) in [5.74, 6) is -0.583. The van der Waals surface area contributed by atoms with Crippen LogP contribution < -0.4 is 11.1 Å². The zero-order valence-electron chi connectivity index (χ0n) is 19.7. The lowest BCUT2D eigenvalue weighted by Gasteiger charge is -2.18. The molecule has 1 aliphatic heterocycles. The predicted molar refractivity (Wildman–Crippen MR) is 136 cm³/mol. The summed E-state index contributed by atoms with van der Waals surface area (Å²) < 4.78 is 1.65. The van der Waals surface area contributed by atoms with Gasteiger partial charge in [0, 0.05) is 49.2 Å². The fourth-order valence-electron chi connectivity index (χ4n) is 4.34. The average molecular weight is 483 g/mol. The van der Waals surface area contributed by atoms with Crippen LogP contribution in [0.1, 0.15) is 20.7 Å². The number of hydrogen-bond donors (Lipinski definition) is 3. The molecule has 9 nitrogen and oxygen atoms in total. The van der Waals surface area contributed by atoms with E-state index in [1.165, 1.54) is 0 Å². The Morgan fingerprint density at radius 3 is 2.39 bits per heavy atom. The number of nitrogen functional groups attached to an aromatic ring is 1. The number of hydrogen-bond acceptors (Lipinski definition) is 6. The number of aliphatic hydroxyl groups excluding tert-OH is 1. The zero-order chi connectivity index (χ0) is 25.2. The highest BCUT2D eigenvalue weighted by atomic mass is 16.3. The summed E-state index contributed by atoms with van der Waals surface area (Å²) >= 11 is 0. The summed E-state index contributed by atoms with van der Waals surface area (Å²) in [7, 11) is 1.80. The second-order valence-electron chi connectivity index (χ2n) is 8.86. The Balaban J connectivity index is 1.26. The predicted octanol–water partition coefficient (Wildman–Crippen LogP) is 2.35. The first-order chi connectivity index (χ1) is 17.4. The smallest absolute Gasteiger partial charge is 0.255 e. The molecule has 0 radical (unpaired) electrons. The summed E-state index contributed by atoms with van der Waals surface area (Å²) in [6, 6.07) is 18.3. The third-order valence-electron chi connectivity index (χ3n) is 6.33. The Morgan fingerprint density at radius 1 is 0.972 bits per heavy atom. The third-order valence-corrected chi connectivity index (χ3v) is 6.33. The molecule has 2 amide bonds. The van der Waals surface area contributed by atoms with Gasteiger partial charge in [-0.25, -0.2) is 4.98 Å². The van der Waals surface area contributed by atoms with Crippen molar-refractivity contribution in [3.8, 4) is 22.3 Å². The number of aromatic nitrogens is 3. The highest BCUT2D eigenvalue weighted by Gasteiger charge is 2.35. The van der Waals surface area contributed by atoms with E-state index in [9.17, 15) is 14.7 Å². The van der Waals surface area contributed by atoms with Crippen molar-refractivity contribution in [2.45, 2.75) is 12.1 Å². The number of β-amino-alcohol motifs (C(OH)–C–C–N with tert-alkyl or cyclic N) is 1. The molecule has 0 saturated carbocycles. The minimum absolute atomic E-state index is 0.0825. The van der Waals surface area contributed by atoms with Gasteiger partial charge in [-0.1, -0.05) is 42.5 Å². The zero-order valence-corrected chi connectivity index (χ0v) is 19.7. The Kier molecular flexibility index (Phi) is 6.22. The number of nitrogens with zero attached hydrogens (tertiary/aromatic N) is 4. The lowest BCUT2D eigenvalue weighted by molar-refractivity contribution is 0.0765. The number of pyridine rings is 1. The fraction of sp³-hybridized carbons (Fsp3) is 0.185. The molecule has 182 valence electrons. The van der Waals surface area contributed by atoms with Gasteiger partial charge in [0.15, 0.2) is 0 Å². The van der Waals surface area contributed by atoms with E-state index in [-0.39, 0.29) is 30.4 Å². The molecule has 36 heavy (non-hydrogen) atoms. The molecule has 2 aromatic heterocycles. The van der Waals surface area contributed by atoms with Crippen molar-refractivity contribution in [2.75, 3.05) is 18.8 Å². The van der Waals surface area contributed by atoms with Crippen molar-refractivity contribution >= 4 is 17.6 Å². The second-order valence-corrected chi connectivity index (χ2v) is 8.86. The van der Waals surface area contributed by atoms with Crippen LogP contribution in [0.25, 0.3) is 22.3 Å². The lowest BCUT2D eigenvalue weighted by atomic mass is 10.0. The van der Waals surface area contributed by atoms with Crippen LogP contribution in [0.4, 0.5) is 5.82 Å². The monoisotopic (exact) mass is 482 g/mol. The normalized spacial score (nSPS) is 17.2. The molecule has 4 aromatic rings. The van der Waals surface area contributed by atoms with Gasteiger partial charge in [-0.15, -0.1) is 0 Å². The highest BCUT2D eigenvalue weighted by molar-refractivity contribution is 6.00. The number of carbonyl (C=O) groups is 2. The van der Waals surface area contributed by atoms with E-state index in [0.717, 1.165) is 16.7 Å². The summed E-state index contributed by atoms with van der Waals surface area (Å²) in [5.41, 5.74) is 10.3. The van der Waals surface area contributed by atoms with Gasteiger partial charge < -0.3 is 21.1 Å². The third kappa shape index (κ3) is 4.69. The van der Waals surface area contributed by atoms with Crippen molar-refractivity contribution < 1.29 is 14.7 Å². The van der Waals surface area contributed by atoms with Gasteiger partial charge >= 0.3 is 0 Å². The van der Waals surface area contributed by atoms with Crippen molar-refractivity contribution in [1.82, 2.24) is 25.0 Å². The molecule has 4 N–H and O–H groups in total. The Labute approximate surface area is 208 Å². The molecular formula is C27H26N6O3. The van der Waals surface area contributed by atoms with E-state index in [1.54, 1.807) is 47.2 Å². The van der Waals surface area contributed by atoms with E-state index in [2.05, 4.69) is 15.4 Å². The number of nitrogens with one attached hydrogen (secondary N) is 1. The van der Waals surface area contributed by atoms with Gasteiger partial charge in [-0.05, 0) is 29.3 Å². The van der Waals surface area contributed by atoms with Gasteiger partial charge in [0.05, 0.1) is 23.9 Å². The molecule has 9 heteroatoms. The molecule has 0 aliphatic carbocycles. The number of carbonyl (C=O) groups excluding carboxylic acids is 2. The topological polar surface area (TPSA) is 126 Å². The maximum absolute atomic E-state index is 13.1. The molecule has 2 aromatic carbocycles. The van der Waals surface area contributed by atoms with Crippen molar-refractivity contribution in [2.24, 2.45) is 7.05 Å². The SMILES string of the molecule is Cn1cc(-c2cnc(N)c(C(=O)N[C@@H]3CN(C(=O)c4ccc(-c5ccccc5)cc4)C[C@@H]3O)c2)cn1. The Hall–Kier alpha value is -4.50. The number of rotatable bonds is 5. The van der Waals surface area contributed by atoms with Gasteiger partial charge in [-0.2, -0.15) is 5.10 Å². The number of anilines is 1. The van der Waals surface area contributed by atoms with Gasteiger partial charge in [0.25, 0.3) is 11.8 Å². The minimum atomic E-state index is -0.905. The molecule has 2 atom stereocenters. The maximum atomic E-state index is 13.1. The average Bonchev–Trinajstić information content (AvgIpc) is 3.49. The van der Waals surface area contributed by atoms with Gasteiger partial charge in [0.2, 0.25) is 0 Å². The first-order valence-electron chi connectivity index (χ1n) is 11.6. The number of amides is 2. The Morgan fingerprint density at radius 2 is 1.69 bits per heavy atom. The van der Waals surface area contributed by atoms with Gasteiger partial charge in [0.1, 0.15) is 5.82 Å². The number of nitrogens with two attached hydrogens (primary N) is 1. The first kappa shape index (κ1) is 23.3. The molecule has 5 rings (SSSR count). The van der Waals surface area contributed by atoms with E-state index in [1.807, 2.05) is 48.7 Å². The molecule has 0 unspecified atom stereocenters. The molecule has 1 saturated heterocycles. The van der Waals surface area contributed by atoms with Gasteiger partial charge in [-0.3, -0.25) is 14.3 Å². The van der Waals surface area contributed by atoms with E-state index in [4.69, 9.17) is 5.73 Å². The van der Waals surface area contributed by atoms with Crippen molar-refractivity contribution in [3.63, 3.8) is 0 Å². The lowest BCUT2D eigenvalue weighted by Crippen LogP contribution is -2.43. The largest absolute Gasteiger partial charge is 0.389 e. The van der Waals surface area contributed by atoms with Crippen molar-refractivity contribution in [3.05, 3.63) is 90.4 Å². The maximum Gasteiger partial charge on any atom is 0.255 e. The highest BCUT2D eigenvalue weighted by Crippen LogP contribution is 2.23. The van der Waals surface area contributed by atoms with Crippen LogP contribution in [0.3, 0.4) is 0 Å². The first-order valence-corrected chi connectivity index (χ1v) is 11.6. The van der Waals surface area contributed by atoms with Crippen LogP contribution in [0, 0.1) is 0 Å². The summed E-state index contributed by atoms with van der Waals surface area (Å²) in [5, 5.41) is 17.5. The van der Waals surface area contributed by atoms with Crippen LogP contribution in [-0.2, 0) is 7.05 Å². The van der Waals surface area contributed by atoms with E-state index >= 15 is 0 Å². The Bertz CT molecular complexity index is 1400. The number of benzene rings is 2. The minimum Gasteiger partial charge on any atom is -0.389 e. The van der Waals surface area contributed by atoms with Crippen LogP contribution in [-0.4, -0.2) is 61.8 Å². The standard InChI is InChI=1S/C27H26N6O3/c1-32-14-21(13-30-32)20-11-22(25(28)29-12-20)26(35)31-23-15-33(16-24(23)34)27(36)19-9-7-18(8-10-19)17-5-3-2-4-6-17/h2-14,23-24,34H,15-16H2,1H3,(H2,28,29)(H,31,35)/t23-,24+/m1/s1. The molecule has 1 fully saturated rings. The van der Waals surface area contributed by atoms with Crippen LogP contribution in [0.15, 0.2) is 79.3 Å². The molecule has 3 heterocycles. The van der Waals surface area contributed by atoms with E-state index in [0.29, 0.717) is 11.1 Å². The summed E-state index contributed by atoms with van der Waals surface area (Å²) in [6.45, 7) is 0.301. The van der Waals surface area contributed by atoms with E-state index < -0.39 is 18.1 Å². The van der Waals surface area contributed by atoms with Crippen LogP contribution in [0.5, 0.6) is 0 Å². The quantitative estimate of drug-likeness (QED) is 0.401. The van der Waals surface area contributed by atoms with Crippen LogP contribution in [0.2, 0.25) is 0 Å². The number of aryl methyl sites for hydroxylation is 1. The fourth-order valence-corrected chi connectivity index (χ4v) is 4.34. The second kappa shape index (κ2) is 9.63. The van der Waals surface area contributed by atoms with Crippen molar-refractivity contribution in [1.29, 1.82) is 0 Å². The number of likely N-dealkylation sites (tertiary alicyclic amines) is 1. The molecular weight excluding hydrogens is 456 g/mol. The summed E-state index contributed by atoms with van der Waals surface area (Å²) in [6.07, 6.45) is 4.16. The molecule has 0 bridgehead atoms. The molecule has 1 aliphatic rings. The molecule has 0 spiro atoms. The summed E-state index contributed by atoms with van der Waals surface area (Å²) in [4.78, 5) is 31.8. The van der Waals surface area contributed by atoms with Crippen LogP contribution >= 0.6 is 0 Å².